The van der Waals surface area contributed by atoms with E-state index >= 15 is 0 Å². The van der Waals surface area contributed by atoms with Crippen molar-refractivity contribution in [1.29, 1.82) is 0 Å². The van der Waals surface area contributed by atoms with Gasteiger partial charge in [0.15, 0.2) is 17.1 Å². The Kier molecular flexibility index (Phi) is 6.24. The number of benzene rings is 1. The number of hydrogen-bond donors (Lipinski definition) is 1. The summed E-state index contributed by atoms with van der Waals surface area (Å²) in [4.78, 5) is 19.3. The van der Waals surface area contributed by atoms with E-state index in [4.69, 9.17) is 9.47 Å². The van der Waals surface area contributed by atoms with Crippen molar-refractivity contribution in [2.24, 2.45) is 0 Å². The molecule has 3 rings (SSSR count). The highest BCUT2D eigenvalue weighted by Crippen LogP contribution is 2.33. The third-order valence-electron chi connectivity index (χ3n) is 5.63. The zero-order valence-corrected chi connectivity index (χ0v) is 16.6. The molecule has 2 fully saturated rings. The first-order chi connectivity index (χ1) is 13.0. The van der Waals surface area contributed by atoms with Gasteiger partial charge in [-0.2, -0.15) is 0 Å². The molecular weight excluding hydrogens is 346 g/mol. The van der Waals surface area contributed by atoms with Crippen molar-refractivity contribution >= 4 is 5.91 Å². The topological polar surface area (TPSA) is 65.5 Å². The van der Waals surface area contributed by atoms with Crippen molar-refractivity contribution in [3.8, 4) is 11.5 Å². The van der Waals surface area contributed by atoms with Crippen LogP contribution in [0.25, 0.3) is 0 Å². The molecule has 2 aliphatic rings. The third-order valence-corrected chi connectivity index (χ3v) is 5.63. The van der Waals surface area contributed by atoms with Gasteiger partial charge in [0.2, 0.25) is 0 Å². The SMILES string of the molecule is COc1cccc(CN2CCC[C@@](O)(CN3CCN(C)CC3)C2=O)c1OC. The summed E-state index contributed by atoms with van der Waals surface area (Å²) in [6.45, 7) is 5.16. The van der Waals surface area contributed by atoms with E-state index in [0.29, 0.717) is 37.6 Å². The Hall–Kier alpha value is -1.83. The first-order valence-corrected chi connectivity index (χ1v) is 9.59. The average Bonchev–Trinajstić information content (AvgIpc) is 2.67. The molecule has 7 heteroatoms. The Labute approximate surface area is 161 Å². The Morgan fingerprint density at radius 2 is 1.85 bits per heavy atom. The molecular formula is C20H31N3O4. The molecule has 0 aliphatic carbocycles. The maximum Gasteiger partial charge on any atom is 0.256 e. The summed E-state index contributed by atoms with van der Waals surface area (Å²) in [6.07, 6.45) is 1.31. The molecule has 0 bridgehead atoms. The van der Waals surface area contributed by atoms with E-state index in [1.807, 2.05) is 18.2 Å². The third kappa shape index (κ3) is 4.36. The number of piperazine rings is 1. The van der Waals surface area contributed by atoms with Crippen molar-refractivity contribution in [2.75, 3.05) is 60.5 Å². The molecule has 0 unspecified atom stereocenters. The number of rotatable bonds is 6. The predicted octanol–water partition coefficient (Wildman–Crippen LogP) is 0.805. The quantitative estimate of drug-likeness (QED) is 0.791. The van der Waals surface area contributed by atoms with Crippen LogP contribution in [0.15, 0.2) is 18.2 Å². The fourth-order valence-electron chi connectivity index (χ4n) is 4.02. The molecule has 0 saturated carbocycles. The van der Waals surface area contributed by atoms with E-state index < -0.39 is 5.60 Å². The zero-order valence-electron chi connectivity index (χ0n) is 16.6. The van der Waals surface area contributed by atoms with Crippen molar-refractivity contribution in [3.05, 3.63) is 23.8 Å². The number of likely N-dealkylation sites (N-methyl/N-ethyl adjacent to an activating group) is 1. The highest BCUT2D eigenvalue weighted by Gasteiger charge is 2.43. The highest BCUT2D eigenvalue weighted by atomic mass is 16.5. The van der Waals surface area contributed by atoms with E-state index in [2.05, 4.69) is 16.8 Å². The van der Waals surface area contributed by atoms with E-state index in [1.165, 1.54) is 0 Å². The van der Waals surface area contributed by atoms with Gasteiger partial charge in [0, 0.05) is 51.4 Å². The number of nitrogens with zero attached hydrogens (tertiary/aromatic N) is 3. The van der Waals surface area contributed by atoms with E-state index in [-0.39, 0.29) is 5.91 Å². The summed E-state index contributed by atoms with van der Waals surface area (Å²) in [6, 6.07) is 5.66. The van der Waals surface area contributed by atoms with Crippen LogP contribution in [0.4, 0.5) is 0 Å². The lowest BCUT2D eigenvalue weighted by Gasteiger charge is -2.42. The smallest absolute Gasteiger partial charge is 0.256 e. The van der Waals surface area contributed by atoms with Crippen LogP contribution in [0.2, 0.25) is 0 Å². The molecule has 2 saturated heterocycles. The molecule has 27 heavy (non-hydrogen) atoms. The van der Waals surface area contributed by atoms with Gasteiger partial charge < -0.3 is 24.4 Å². The van der Waals surface area contributed by atoms with Crippen LogP contribution in [0.5, 0.6) is 11.5 Å². The summed E-state index contributed by atoms with van der Waals surface area (Å²) >= 11 is 0. The monoisotopic (exact) mass is 377 g/mol. The predicted molar refractivity (Wildman–Crippen MR) is 103 cm³/mol. The lowest BCUT2D eigenvalue weighted by Crippen LogP contribution is -2.60. The number of carbonyl (C=O) groups is 1. The maximum absolute atomic E-state index is 13.1. The fourth-order valence-corrected chi connectivity index (χ4v) is 4.02. The number of ether oxygens (including phenoxy) is 2. The van der Waals surface area contributed by atoms with Crippen LogP contribution in [0.3, 0.4) is 0 Å². The number of carbonyl (C=O) groups excluding carboxylic acids is 1. The normalized spacial score (nSPS) is 24.9. The second kappa shape index (κ2) is 8.46. The van der Waals surface area contributed by atoms with E-state index in [9.17, 15) is 9.90 Å². The largest absolute Gasteiger partial charge is 0.493 e. The van der Waals surface area contributed by atoms with Crippen LogP contribution in [0.1, 0.15) is 18.4 Å². The van der Waals surface area contributed by atoms with Crippen molar-refractivity contribution < 1.29 is 19.4 Å². The van der Waals surface area contributed by atoms with Crippen molar-refractivity contribution in [3.63, 3.8) is 0 Å². The molecule has 150 valence electrons. The summed E-state index contributed by atoms with van der Waals surface area (Å²) in [5.41, 5.74) is -0.422. The van der Waals surface area contributed by atoms with Gasteiger partial charge in [-0.15, -0.1) is 0 Å². The first kappa shape index (κ1) is 19.9. The number of β-amino-alcohol motifs (C(OH)–C–C–N with tert-alkyl or cyclic N) is 1. The van der Waals surface area contributed by atoms with Crippen LogP contribution >= 0.6 is 0 Å². The van der Waals surface area contributed by atoms with E-state index in [1.54, 1.807) is 19.1 Å². The molecule has 0 radical (unpaired) electrons. The zero-order chi connectivity index (χ0) is 19.4. The molecule has 2 aliphatic heterocycles. The second-order valence-corrected chi connectivity index (χ2v) is 7.59. The Bertz CT molecular complexity index is 661. The fraction of sp³-hybridized carbons (Fsp3) is 0.650. The Morgan fingerprint density at radius 1 is 1.11 bits per heavy atom. The molecule has 7 nitrogen and oxygen atoms in total. The average molecular weight is 377 g/mol. The molecule has 1 amide bonds. The number of hydrogen-bond acceptors (Lipinski definition) is 6. The minimum Gasteiger partial charge on any atom is -0.493 e. The van der Waals surface area contributed by atoms with Crippen LogP contribution in [-0.2, 0) is 11.3 Å². The van der Waals surface area contributed by atoms with Crippen LogP contribution in [-0.4, -0.2) is 91.9 Å². The molecule has 1 atom stereocenters. The van der Waals surface area contributed by atoms with Gasteiger partial charge in [-0.05, 0) is 26.0 Å². The van der Waals surface area contributed by atoms with Gasteiger partial charge in [0.25, 0.3) is 5.91 Å². The van der Waals surface area contributed by atoms with Gasteiger partial charge in [-0.1, -0.05) is 12.1 Å². The van der Waals surface area contributed by atoms with Gasteiger partial charge in [0.1, 0.15) is 0 Å². The standard InChI is InChI=1S/C20H31N3O4/c1-21-10-12-22(13-11-21)15-20(25)8-5-9-23(19(20)24)14-16-6-4-7-17(26-2)18(16)27-3/h4,6-7,25H,5,8-15H2,1-3H3/t20-/m1/s1. The van der Waals surface area contributed by atoms with Crippen LogP contribution in [0, 0.1) is 0 Å². The lowest BCUT2D eigenvalue weighted by atomic mass is 9.90. The van der Waals surface area contributed by atoms with Gasteiger partial charge in [0.05, 0.1) is 14.2 Å². The van der Waals surface area contributed by atoms with Crippen molar-refractivity contribution in [1.82, 2.24) is 14.7 Å². The van der Waals surface area contributed by atoms with Gasteiger partial charge in [-0.25, -0.2) is 0 Å². The number of amides is 1. The molecule has 2 heterocycles. The van der Waals surface area contributed by atoms with Gasteiger partial charge in [-0.3, -0.25) is 9.69 Å². The van der Waals surface area contributed by atoms with Crippen molar-refractivity contribution in [2.45, 2.75) is 25.0 Å². The highest BCUT2D eigenvalue weighted by molar-refractivity contribution is 5.86. The number of aliphatic hydroxyl groups is 1. The van der Waals surface area contributed by atoms with Gasteiger partial charge >= 0.3 is 0 Å². The number of likely N-dealkylation sites (tertiary alicyclic amines) is 1. The molecule has 0 aromatic heterocycles. The summed E-state index contributed by atoms with van der Waals surface area (Å²) in [5.74, 6) is 1.10. The first-order valence-electron chi connectivity index (χ1n) is 9.59. The minimum absolute atomic E-state index is 0.183. The molecule has 0 spiro atoms. The molecule has 1 aromatic rings. The lowest BCUT2D eigenvalue weighted by molar-refractivity contribution is -0.160. The number of para-hydroxylation sites is 1. The summed E-state index contributed by atoms with van der Waals surface area (Å²) in [7, 11) is 5.30. The molecule has 1 aromatic carbocycles. The van der Waals surface area contributed by atoms with E-state index in [0.717, 1.165) is 38.2 Å². The number of methoxy groups -OCH3 is 2. The second-order valence-electron chi connectivity index (χ2n) is 7.59. The Balaban J connectivity index is 1.71. The maximum atomic E-state index is 13.1. The Morgan fingerprint density at radius 3 is 2.52 bits per heavy atom. The molecule has 1 N–H and O–H groups in total. The minimum atomic E-state index is -1.31. The van der Waals surface area contributed by atoms with Crippen LogP contribution < -0.4 is 9.47 Å². The number of piperidine rings is 1. The summed E-state index contributed by atoms with van der Waals surface area (Å²) < 4.78 is 10.8. The summed E-state index contributed by atoms with van der Waals surface area (Å²) in [5, 5.41) is 11.1.